The highest BCUT2D eigenvalue weighted by Crippen LogP contribution is 2.25. The Bertz CT molecular complexity index is 980. The number of nitrogens with one attached hydrogen (secondary N) is 1. The topological polar surface area (TPSA) is 74.5 Å². The van der Waals surface area contributed by atoms with Gasteiger partial charge in [0.05, 0.1) is 12.6 Å². The summed E-state index contributed by atoms with van der Waals surface area (Å²) in [6, 6.07) is 17.7. The molecular weight excluding hydrogens is 378 g/mol. The molecule has 1 aromatic heterocycles. The molecule has 0 aliphatic carbocycles. The predicted octanol–water partition coefficient (Wildman–Crippen LogP) is 3.36. The molecule has 0 radical (unpaired) electrons. The van der Waals surface area contributed by atoms with Crippen molar-refractivity contribution in [2.75, 3.05) is 38.0 Å². The number of carbonyl (C=O) groups is 1. The third-order valence-corrected chi connectivity index (χ3v) is 5.44. The minimum absolute atomic E-state index is 0.0161. The lowest BCUT2D eigenvalue weighted by atomic mass is 10.1. The Labute approximate surface area is 176 Å². The molecule has 156 valence electrons. The average molecular weight is 406 g/mol. The molecule has 0 saturated carbocycles. The van der Waals surface area contributed by atoms with Crippen molar-refractivity contribution in [2.24, 2.45) is 0 Å². The van der Waals surface area contributed by atoms with E-state index < -0.39 is 0 Å². The van der Waals surface area contributed by atoms with Crippen LogP contribution >= 0.6 is 0 Å². The highest BCUT2D eigenvalue weighted by Gasteiger charge is 2.26. The zero-order valence-electron chi connectivity index (χ0n) is 17.4. The lowest BCUT2D eigenvalue weighted by Crippen LogP contribution is -2.49. The fourth-order valence-corrected chi connectivity index (χ4v) is 3.69. The summed E-state index contributed by atoms with van der Waals surface area (Å²) in [5.74, 6) is 1.20. The molecule has 3 aromatic rings. The fourth-order valence-electron chi connectivity index (χ4n) is 3.69. The number of benzene rings is 2. The summed E-state index contributed by atoms with van der Waals surface area (Å²) in [5, 5.41) is 11.5. The van der Waals surface area contributed by atoms with Crippen LogP contribution < -0.4 is 5.32 Å². The van der Waals surface area contributed by atoms with Crippen molar-refractivity contribution in [1.29, 1.82) is 0 Å². The van der Waals surface area contributed by atoms with Gasteiger partial charge in [-0.2, -0.15) is 0 Å². The number of carbonyl (C=O) groups excluding carboxylic acids is 1. The van der Waals surface area contributed by atoms with Crippen LogP contribution in [0.1, 0.15) is 24.4 Å². The quantitative estimate of drug-likeness (QED) is 0.678. The number of hydrogen-bond donors (Lipinski definition) is 1. The molecule has 0 spiro atoms. The Morgan fingerprint density at radius 3 is 2.57 bits per heavy atom. The monoisotopic (exact) mass is 405 g/mol. The number of aromatic nitrogens is 2. The number of rotatable bonds is 6. The van der Waals surface area contributed by atoms with Crippen LogP contribution in [0, 0.1) is 6.92 Å². The number of amides is 1. The molecule has 1 N–H and O–H groups in total. The van der Waals surface area contributed by atoms with E-state index in [1.807, 2.05) is 61.5 Å². The summed E-state index contributed by atoms with van der Waals surface area (Å²) in [7, 11) is 0. The smallest absolute Gasteiger partial charge is 0.247 e. The van der Waals surface area contributed by atoms with Gasteiger partial charge >= 0.3 is 0 Å². The van der Waals surface area contributed by atoms with Crippen LogP contribution in [0.4, 0.5) is 5.69 Å². The zero-order chi connectivity index (χ0) is 20.9. The Hall–Kier alpha value is -3.03. The number of hydrogen-bond acceptors (Lipinski definition) is 6. The summed E-state index contributed by atoms with van der Waals surface area (Å²) >= 11 is 0. The third kappa shape index (κ3) is 4.93. The number of nitrogens with zero attached hydrogens (tertiary/aromatic N) is 4. The van der Waals surface area contributed by atoms with E-state index in [1.165, 1.54) is 0 Å². The molecule has 1 saturated heterocycles. The maximum atomic E-state index is 12.3. The lowest BCUT2D eigenvalue weighted by molar-refractivity contribution is -0.117. The zero-order valence-corrected chi connectivity index (χ0v) is 17.4. The van der Waals surface area contributed by atoms with E-state index in [4.69, 9.17) is 4.42 Å². The van der Waals surface area contributed by atoms with Gasteiger partial charge < -0.3 is 9.73 Å². The molecule has 7 nitrogen and oxygen atoms in total. The molecule has 1 fully saturated rings. The van der Waals surface area contributed by atoms with E-state index >= 15 is 0 Å². The molecule has 7 heteroatoms. The second-order valence-electron chi connectivity index (χ2n) is 7.72. The summed E-state index contributed by atoms with van der Waals surface area (Å²) in [5.41, 5.74) is 2.93. The van der Waals surface area contributed by atoms with Gasteiger partial charge in [-0.05, 0) is 38.1 Å². The first-order chi connectivity index (χ1) is 14.6. The van der Waals surface area contributed by atoms with E-state index in [9.17, 15) is 4.79 Å². The van der Waals surface area contributed by atoms with Gasteiger partial charge in [0, 0.05) is 37.4 Å². The van der Waals surface area contributed by atoms with Crippen molar-refractivity contribution in [1.82, 2.24) is 20.0 Å². The maximum Gasteiger partial charge on any atom is 0.247 e. The van der Waals surface area contributed by atoms with Crippen molar-refractivity contribution in [2.45, 2.75) is 19.9 Å². The van der Waals surface area contributed by atoms with E-state index in [0.29, 0.717) is 18.3 Å². The van der Waals surface area contributed by atoms with Crippen molar-refractivity contribution in [3.8, 4) is 11.5 Å². The Morgan fingerprint density at radius 1 is 1.07 bits per heavy atom. The fraction of sp³-hybridized carbons (Fsp3) is 0.348. The van der Waals surface area contributed by atoms with Crippen LogP contribution in [0.2, 0.25) is 0 Å². The summed E-state index contributed by atoms with van der Waals surface area (Å²) in [4.78, 5) is 16.8. The Kier molecular flexibility index (Phi) is 6.21. The lowest BCUT2D eigenvalue weighted by Gasteiger charge is -2.36. The number of aryl methyl sites for hydroxylation is 1. The Balaban J connectivity index is 1.29. The molecule has 1 atom stereocenters. The van der Waals surface area contributed by atoms with E-state index in [0.717, 1.165) is 43.0 Å². The average Bonchev–Trinajstić information content (AvgIpc) is 3.25. The first-order valence-electron chi connectivity index (χ1n) is 10.3. The second kappa shape index (κ2) is 9.19. The van der Waals surface area contributed by atoms with Crippen LogP contribution in [0.25, 0.3) is 11.5 Å². The van der Waals surface area contributed by atoms with E-state index in [1.54, 1.807) is 0 Å². The number of piperazine rings is 1. The van der Waals surface area contributed by atoms with Crippen LogP contribution in [-0.2, 0) is 4.79 Å². The molecular formula is C23H27N5O2. The Morgan fingerprint density at radius 2 is 1.83 bits per heavy atom. The molecule has 4 rings (SSSR count). The predicted molar refractivity (Wildman–Crippen MR) is 116 cm³/mol. The van der Waals surface area contributed by atoms with Crippen molar-refractivity contribution < 1.29 is 9.21 Å². The van der Waals surface area contributed by atoms with Crippen LogP contribution in [-0.4, -0.2) is 58.6 Å². The molecule has 2 heterocycles. The normalized spacial score (nSPS) is 16.3. The van der Waals surface area contributed by atoms with Crippen LogP contribution in [0.15, 0.2) is 59.0 Å². The molecule has 1 amide bonds. The summed E-state index contributed by atoms with van der Waals surface area (Å²) < 4.78 is 5.96. The van der Waals surface area contributed by atoms with Crippen LogP contribution in [0.5, 0.6) is 0 Å². The van der Waals surface area contributed by atoms with E-state index in [2.05, 4.69) is 32.2 Å². The molecule has 1 aliphatic rings. The first-order valence-corrected chi connectivity index (χ1v) is 10.3. The van der Waals surface area contributed by atoms with Gasteiger partial charge in [0.25, 0.3) is 0 Å². The van der Waals surface area contributed by atoms with Gasteiger partial charge in [0.15, 0.2) is 0 Å². The molecule has 30 heavy (non-hydrogen) atoms. The second-order valence-corrected chi connectivity index (χ2v) is 7.72. The SMILES string of the molecule is Cc1cccc(-c2nnc(C(C)N3CCN(CC(=O)Nc4ccccc4)CC3)o2)c1. The van der Waals surface area contributed by atoms with Crippen LogP contribution in [0.3, 0.4) is 0 Å². The first kappa shape index (κ1) is 20.3. The molecule has 1 aliphatic heterocycles. The third-order valence-electron chi connectivity index (χ3n) is 5.44. The largest absolute Gasteiger partial charge is 0.419 e. The van der Waals surface area contributed by atoms with Gasteiger partial charge in [-0.1, -0.05) is 35.9 Å². The van der Waals surface area contributed by atoms with Crippen molar-refractivity contribution in [3.63, 3.8) is 0 Å². The standard InChI is InChI=1S/C23H27N5O2/c1-17-7-6-8-19(15-17)23-26-25-22(30-23)18(2)28-13-11-27(12-14-28)16-21(29)24-20-9-4-3-5-10-20/h3-10,15,18H,11-14,16H2,1-2H3,(H,24,29). The minimum atomic E-state index is 0.0161. The molecule has 0 bridgehead atoms. The molecule has 1 unspecified atom stereocenters. The highest BCUT2D eigenvalue weighted by atomic mass is 16.4. The van der Waals surface area contributed by atoms with Gasteiger partial charge in [0.1, 0.15) is 0 Å². The van der Waals surface area contributed by atoms with E-state index in [-0.39, 0.29) is 11.9 Å². The highest BCUT2D eigenvalue weighted by molar-refractivity contribution is 5.92. The van der Waals surface area contributed by atoms with Crippen molar-refractivity contribution >= 4 is 11.6 Å². The molecule has 2 aromatic carbocycles. The number of anilines is 1. The van der Waals surface area contributed by atoms with Gasteiger partial charge in [-0.15, -0.1) is 10.2 Å². The van der Waals surface area contributed by atoms with Gasteiger partial charge in [-0.25, -0.2) is 0 Å². The number of para-hydroxylation sites is 1. The summed E-state index contributed by atoms with van der Waals surface area (Å²) in [6.45, 7) is 7.88. The van der Waals surface area contributed by atoms with Crippen molar-refractivity contribution in [3.05, 3.63) is 66.1 Å². The van der Waals surface area contributed by atoms with Gasteiger partial charge in [-0.3, -0.25) is 14.6 Å². The van der Waals surface area contributed by atoms with Gasteiger partial charge in [0.2, 0.25) is 17.7 Å². The maximum absolute atomic E-state index is 12.3. The summed E-state index contributed by atoms with van der Waals surface area (Å²) in [6.07, 6.45) is 0. The minimum Gasteiger partial charge on any atom is -0.419 e.